The number of rotatable bonds is 4. The monoisotopic (exact) mass is 454 g/mol. The van der Waals surface area contributed by atoms with Crippen molar-refractivity contribution in [3.05, 3.63) is 87.1 Å². The Morgan fingerprint density at radius 2 is 2.00 bits per heavy atom. The molecule has 1 amide bonds. The van der Waals surface area contributed by atoms with Crippen molar-refractivity contribution in [2.75, 3.05) is 11.9 Å². The topological polar surface area (TPSA) is 56.7 Å². The Bertz CT molecular complexity index is 1100. The molecular weight excluding hydrogens is 436 g/mol. The van der Waals surface area contributed by atoms with Gasteiger partial charge in [-0.1, -0.05) is 48.0 Å². The van der Waals surface area contributed by atoms with Crippen LogP contribution >= 0.6 is 35.2 Å². The van der Waals surface area contributed by atoms with Gasteiger partial charge in [-0.05, 0) is 41.9 Å². The predicted molar refractivity (Wildman–Crippen MR) is 128 cm³/mol. The van der Waals surface area contributed by atoms with Crippen LogP contribution in [-0.4, -0.2) is 29.9 Å². The number of benzodiazepines with no additional fused rings is 1. The highest BCUT2D eigenvalue weighted by Gasteiger charge is 2.30. The van der Waals surface area contributed by atoms with Crippen LogP contribution in [0.15, 0.2) is 71.0 Å². The molecule has 0 bridgehead atoms. The van der Waals surface area contributed by atoms with Gasteiger partial charge in [0, 0.05) is 28.1 Å². The average molecular weight is 455 g/mol. The van der Waals surface area contributed by atoms with E-state index in [0.29, 0.717) is 22.4 Å². The van der Waals surface area contributed by atoms with Crippen LogP contribution in [-0.2, 0) is 11.3 Å². The molecule has 30 heavy (non-hydrogen) atoms. The number of nitrogens with zero attached hydrogens (tertiary/aromatic N) is 2. The van der Waals surface area contributed by atoms with E-state index in [-0.39, 0.29) is 5.91 Å². The first kappa shape index (κ1) is 20.5. The van der Waals surface area contributed by atoms with Gasteiger partial charge < -0.3 is 15.5 Å². The average Bonchev–Trinajstić information content (AvgIpc) is 3.25. The summed E-state index contributed by atoms with van der Waals surface area (Å²) in [6, 6.07) is 19.2. The third-order valence-electron chi connectivity index (χ3n) is 4.72. The van der Waals surface area contributed by atoms with Crippen molar-refractivity contribution in [2.24, 2.45) is 4.99 Å². The van der Waals surface area contributed by atoms with Gasteiger partial charge >= 0.3 is 0 Å². The molecule has 1 aliphatic rings. The molecular formula is C22H19ClN4OS2. The highest BCUT2D eigenvalue weighted by Crippen LogP contribution is 2.29. The first-order valence-electron chi connectivity index (χ1n) is 9.30. The molecule has 2 aromatic carbocycles. The zero-order chi connectivity index (χ0) is 21.1. The van der Waals surface area contributed by atoms with Gasteiger partial charge in [0.05, 0.1) is 17.9 Å². The standard InChI is InChI=1S/C22H19ClN4OS2/c1-27-18-10-9-15(23)12-17(18)19(14-6-3-2-4-7-14)25-20(21(27)28)26-22(29)24-13-16-8-5-11-30-16/h2-12,20H,13H2,1H3,(H2,24,26,29). The third-order valence-corrected chi connectivity index (χ3v) is 6.09. The van der Waals surface area contributed by atoms with E-state index in [2.05, 4.69) is 10.6 Å². The molecule has 1 atom stereocenters. The number of nitrogens with one attached hydrogen (secondary N) is 2. The Hall–Kier alpha value is -2.74. The molecule has 1 aromatic heterocycles. The lowest BCUT2D eigenvalue weighted by Crippen LogP contribution is -2.49. The normalized spacial score (nSPS) is 15.8. The van der Waals surface area contributed by atoms with Crippen LogP contribution in [0, 0.1) is 0 Å². The minimum Gasteiger partial charge on any atom is -0.358 e. The maximum Gasteiger partial charge on any atom is 0.272 e. The smallest absolute Gasteiger partial charge is 0.272 e. The molecule has 0 saturated carbocycles. The summed E-state index contributed by atoms with van der Waals surface area (Å²) in [7, 11) is 1.73. The second-order valence-corrected chi connectivity index (χ2v) is 8.59. The lowest BCUT2D eigenvalue weighted by atomic mass is 10.0. The summed E-state index contributed by atoms with van der Waals surface area (Å²) in [6.07, 6.45) is -0.861. The summed E-state index contributed by atoms with van der Waals surface area (Å²) in [5, 5.41) is 9.17. The van der Waals surface area contributed by atoms with Crippen molar-refractivity contribution >= 4 is 57.6 Å². The fraction of sp³-hybridized carbons (Fsp3) is 0.136. The number of carbonyl (C=O) groups is 1. The lowest BCUT2D eigenvalue weighted by molar-refractivity contribution is -0.119. The molecule has 1 unspecified atom stereocenters. The Morgan fingerprint density at radius 1 is 1.20 bits per heavy atom. The molecule has 0 spiro atoms. The number of hydrogen-bond acceptors (Lipinski definition) is 4. The quantitative estimate of drug-likeness (QED) is 0.580. The number of thiophene rings is 1. The number of amides is 1. The van der Waals surface area contributed by atoms with Gasteiger partial charge in [0.1, 0.15) is 0 Å². The van der Waals surface area contributed by atoms with Gasteiger partial charge in [-0.15, -0.1) is 11.3 Å². The summed E-state index contributed by atoms with van der Waals surface area (Å²) in [4.78, 5) is 20.7. The van der Waals surface area contributed by atoms with Gasteiger partial charge in [-0.25, -0.2) is 4.99 Å². The molecule has 2 N–H and O–H groups in total. The van der Waals surface area contributed by atoms with Crippen LogP contribution in [0.4, 0.5) is 5.69 Å². The van der Waals surface area contributed by atoms with E-state index in [4.69, 9.17) is 28.8 Å². The second-order valence-electron chi connectivity index (χ2n) is 6.71. The highest BCUT2D eigenvalue weighted by atomic mass is 35.5. The van der Waals surface area contributed by atoms with Gasteiger partial charge in [0.2, 0.25) is 6.17 Å². The summed E-state index contributed by atoms with van der Waals surface area (Å²) in [6.45, 7) is 0.589. The predicted octanol–water partition coefficient (Wildman–Crippen LogP) is 4.21. The number of halogens is 1. The summed E-state index contributed by atoms with van der Waals surface area (Å²) < 4.78 is 0. The third kappa shape index (κ3) is 4.38. The molecule has 0 saturated heterocycles. The molecule has 152 valence electrons. The zero-order valence-corrected chi connectivity index (χ0v) is 18.5. The maximum absolute atomic E-state index is 13.2. The number of likely N-dealkylation sites (N-methyl/N-ethyl adjacent to an activating group) is 1. The Balaban J connectivity index is 1.67. The molecule has 0 radical (unpaired) electrons. The minimum atomic E-state index is -0.861. The molecule has 1 aliphatic heterocycles. The maximum atomic E-state index is 13.2. The fourth-order valence-corrected chi connectivity index (χ4v) is 4.22. The summed E-state index contributed by atoms with van der Waals surface area (Å²) >= 11 is 13.3. The SMILES string of the molecule is CN1C(=O)C(NC(=S)NCc2cccs2)N=C(c2ccccc2)c2cc(Cl)ccc21. The van der Waals surface area contributed by atoms with E-state index >= 15 is 0 Å². The van der Waals surface area contributed by atoms with Crippen LogP contribution in [0.5, 0.6) is 0 Å². The van der Waals surface area contributed by atoms with E-state index in [1.165, 1.54) is 0 Å². The number of anilines is 1. The zero-order valence-electron chi connectivity index (χ0n) is 16.1. The molecule has 0 fully saturated rings. The lowest BCUT2D eigenvalue weighted by Gasteiger charge is -2.22. The van der Waals surface area contributed by atoms with Crippen LogP contribution < -0.4 is 15.5 Å². The number of benzene rings is 2. The van der Waals surface area contributed by atoms with Gasteiger partial charge in [-0.2, -0.15) is 0 Å². The molecule has 8 heteroatoms. The van der Waals surface area contributed by atoms with Crippen LogP contribution in [0.2, 0.25) is 5.02 Å². The molecule has 5 nitrogen and oxygen atoms in total. The van der Waals surface area contributed by atoms with E-state index in [1.807, 2.05) is 60.0 Å². The van der Waals surface area contributed by atoms with E-state index < -0.39 is 6.17 Å². The highest BCUT2D eigenvalue weighted by molar-refractivity contribution is 7.80. The van der Waals surface area contributed by atoms with Gasteiger partial charge in [0.15, 0.2) is 5.11 Å². The van der Waals surface area contributed by atoms with E-state index in [1.54, 1.807) is 29.4 Å². The number of thiocarbonyl (C=S) groups is 1. The molecule has 4 rings (SSSR count). The summed E-state index contributed by atoms with van der Waals surface area (Å²) in [5.74, 6) is -0.204. The van der Waals surface area contributed by atoms with Crippen molar-refractivity contribution in [3.63, 3.8) is 0 Å². The van der Waals surface area contributed by atoms with Crippen LogP contribution in [0.25, 0.3) is 0 Å². The van der Waals surface area contributed by atoms with Gasteiger partial charge in [-0.3, -0.25) is 4.79 Å². The molecule has 2 heterocycles. The fourth-order valence-electron chi connectivity index (χ4n) is 3.22. The van der Waals surface area contributed by atoms with Crippen molar-refractivity contribution < 1.29 is 4.79 Å². The van der Waals surface area contributed by atoms with Crippen molar-refractivity contribution in [1.29, 1.82) is 0 Å². The number of carbonyl (C=O) groups excluding carboxylic acids is 1. The first-order valence-corrected chi connectivity index (χ1v) is 11.0. The summed E-state index contributed by atoms with van der Waals surface area (Å²) in [5.41, 5.74) is 3.12. The molecule has 3 aromatic rings. The Morgan fingerprint density at radius 3 is 2.73 bits per heavy atom. The van der Waals surface area contributed by atoms with Crippen molar-refractivity contribution in [1.82, 2.24) is 10.6 Å². The Kier molecular flexibility index (Phi) is 6.13. The Labute approximate surface area is 189 Å². The van der Waals surface area contributed by atoms with Crippen LogP contribution in [0.1, 0.15) is 16.0 Å². The van der Waals surface area contributed by atoms with E-state index in [0.717, 1.165) is 21.7 Å². The van der Waals surface area contributed by atoms with Crippen molar-refractivity contribution in [2.45, 2.75) is 12.7 Å². The number of aliphatic imine (C=N–C) groups is 1. The van der Waals surface area contributed by atoms with E-state index in [9.17, 15) is 4.79 Å². The van der Waals surface area contributed by atoms with Crippen molar-refractivity contribution in [3.8, 4) is 0 Å². The first-order chi connectivity index (χ1) is 14.5. The minimum absolute atomic E-state index is 0.204. The van der Waals surface area contributed by atoms with Crippen LogP contribution in [0.3, 0.4) is 0 Å². The van der Waals surface area contributed by atoms with Gasteiger partial charge in [0.25, 0.3) is 5.91 Å². The molecule has 0 aliphatic carbocycles. The number of fused-ring (bicyclic) bond motifs is 1. The second kappa shape index (κ2) is 8.95. The largest absolute Gasteiger partial charge is 0.358 e. The number of hydrogen-bond donors (Lipinski definition) is 2.